The maximum atomic E-state index is 8.89. The van der Waals surface area contributed by atoms with E-state index in [2.05, 4.69) is 10.3 Å². The van der Waals surface area contributed by atoms with Gasteiger partial charge < -0.3 is 15.2 Å². The average Bonchev–Trinajstić information content (AvgIpc) is 2.46. The van der Waals surface area contributed by atoms with Crippen LogP contribution in [0.15, 0.2) is 30.3 Å². The summed E-state index contributed by atoms with van der Waals surface area (Å²) < 4.78 is 5.68. The molecule has 6 heteroatoms. The predicted molar refractivity (Wildman–Crippen MR) is 85.7 cm³/mol. The molecule has 0 fully saturated rings. The maximum absolute atomic E-state index is 8.89. The number of pyridine rings is 1. The van der Waals surface area contributed by atoms with Crippen molar-refractivity contribution in [3.8, 4) is 11.6 Å². The summed E-state index contributed by atoms with van der Waals surface area (Å²) in [7, 11) is 0. The van der Waals surface area contributed by atoms with E-state index in [4.69, 9.17) is 33.0 Å². The molecule has 0 spiro atoms. The molecular formula is C15H16Cl2N2O2. The third-order valence-corrected chi connectivity index (χ3v) is 3.34. The van der Waals surface area contributed by atoms with Crippen molar-refractivity contribution in [2.45, 2.75) is 13.3 Å². The van der Waals surface area contributed by atoms with Gasteiger partial charge in [0, 0.05) is 13.2 Å². The zero-order valence-corrected chi connectivity index (χ0v) is 13.1. The molecule has 2 N–H and O–H groups in total. The lowest BCUT2D eigenvalue weighted by Crippen LogP contribution is -2.01. The Bertz CT molecular complexity index is 603. The fourth-order valence-electron chi connectivity index (χ4n) is 1.78. The minimum absolute atomic E-state index is 0.122. The van der Waals surface area contributed by atoms with Crippen molar-refractivity contribution in [2.24, 2.45) is 0 Å². The van der Waals surface area contributed by atoms with Gasteiger partial charge in [-0.1, -0.05) is 35.3 Å². The van der Waals surface area contributed by atoms with Crippen LogP contribution < -0.4 is 10.1 Å². The highest BCUT2D eigenvalue weighted by Gasteiger charge is 2.11. The van der Waals surface area contributed by atoms with Crippen LogP contribution in [0.1, 0.15) is 12.5 Å². The molecule has 0 atom stereocenters. The Hall–Kier alpha value is -1.49. The van der Waals surface area contributed by atoms with Crippen molar-refractivity contribution < 1.29 is 9.84 Å². The predicted octanol–water partition coefficient (Wildman–Crippen LogP) is 4.15. The molecule has 0 bridgehead atoms. The van der Waals surface area contributed by atoms with Crippen molar-refractivity contribution in [2.75, 3.05) is 18.5 Å². The van der Waals surface area contributed by atoms with E-state index in [1.165, 1.54) is 0 Å². The van der Waals surface area contributed by atoms with Crippen LogP contribution >= 0.6 is 23.2 Å². The van der Waals surface area contributed by atoms with E-state index >= 15 is 0 Å². The molecule has 21 heavy (non-hydrogen) atoms. The van der Waals surface area contributed by atoms with Gasteiger partial charge in [-0.3, -0.25) is 0 Å². The number of hydrogen-bond donors (Lipinski definition) is 2. The van der Waals surface area contributed by atoms with Gasteiger partial charge in [-0.05, 0) is 37.1 Å². The molecule has 0 saturated carbocycles. The number of rotatable bonds is 6. The van der Waals surface area contributed by atoms with Crippen LogP contribution in [0.25, 0.3) is 0 Å². The number of nitrogens with one attached hydrogen (secondary N) is 1. The third kappa shape index (κ3) is 4.24. The first kappa shape index (κ1) is 15.9. The van der Waals surface area contributed by atoms with Crippen LogP contribution in [0.4, 0.5) is 5.82 Å². The number of hydrogen-bond acceptors (Lipinski definition) is 4. The van der Waals surface area contributed by atoms with Crippen molar-refractivity contribution in [1.82, 2.24) is 4.98 Å². The Morgan fingerprint density at radius 2 is 1.90 bits per heavy atom. The van der Waals surface area contributed by atoms with Crippen LogP contribution in [0.2, 0.25) is 10.0 Å². The highest BCUT2D eigenvalue weighted by molar-refractivity contribution is 6.36. The maximum Gasteiger partial charge on any atom is 0.240 e. The van der Waals surface area contributed by atoms with Crippen molar-refractivity contribution in [3.63, 3.8) is 0 Å². The molecule has 2 rings (SSSR count). The molecule has 1 aromatic heterocycles. The molecule has 0 aliphatic carbocycles. The lowest BCUT2D eigenvalue weighted by Gasteiger charge is -2.11. The minimum atomic E-state index is 0.122. The van der Waals surface area contributed by atoms with E-state index in [1.807, 2.05) is 31.2 Å². The second-order valence-corrected chi connectivity index (χ2v) is 5.17. The number of aliphatic hydroxyl groups is 1. The van der Waals surface area contributed by atoms with Gasteiger partial charge in [0.2, 0.25) is 5.88 Å². The topological polar surface area (TPSA) is 54.4 Å². The van der Waals surface area contributed by atoms with E-state index in [0.29, 0.717) is 40.5 Å². The SMILES string of the molecule is CCNc1nc(Oc2ccc(CCO)cc2)c(Cl)cc1Cl. The van der Waals surface area contributed by atoms with Gasteiger partial charge >= 0.3 is 0 Å². The second kappa shape index (κ2) is 7.50. The van der Waals surface area contributed by atoms with Crippen LogP contribution in [0, 0.1) is 0 Å². The van der Waals surface area contributed by atoms with Crippen molar-refractivity contribution in [1.29, 1.82) is 0 Å². The number of aromatic nitrogens is 1. The summed E-state index contributed by atoms with van der Waals surface area (Å²) in [5, 5.41) is 12.7. The summed E-state index contributed by atoms with van der Waals surface area (Å²) in [5.41, 5.74) is 1.04. The molecule has 0 radical (unpaired) electrons. The van der Waals surface area contributed by atoms with Gasteiger partial charge in [0.05, 0.1) is 5.02 Å². The Balaban J connectivity index is 2.20. The molecule has 0 unspecified atom stereocenters. The van der Waals surface area contributed by atoms with Crippen molar-refractivity contribution in [3.05, 3.63) is 45.9 Å². The Morgan fingerprint density at radius 3 is 2.52 bits per heavy atom. The summed E-state index contributed by atoms with van der Waals surface area (Å²) in [4.78, 5) is 4.28. The average molecular weight is 327 g/mol. The Kier molecular flexibility index (Phi) is 5.67. The molecule has 2 aromatic rings. The van der Waals surface area contributed by atoms with E-state index < -0.39 is 0 Å². The summed E-state index contributed by atoms with van der Waals surface area (Å²) in [5.74, 6) is 1.46. The number of nitrogens with zero attached hydrogens (tertiary/aromatic N) is 1. The quantitative estimate of drug-likeness (QED) is 0.837. The van der Waals surface area contributed by atoms with Crippen LogP contribution in [0.5, 0.6) is 11.6 Å². The molecule has 1 aromatic carbocycles. The first-order chi connectivity index (χ1) is 10.1. The number of aliphatic hydroxyl groups excluding tert-OH is 1. The smallest absolute Gasteiger partial charge is 0.240 e. The molecule has 1 heterocycles. The largest absolute Gasteiger partial charge is 0.437 e. The third-order valence-electron chi connectivity index (χ3n) is 2.78. The summed E-state index contributed by atoms with van der Waals surface area (Å²) in [6, 6.07) is 9.00. The van der Waals surface area contributed by atoms with Gasteiger partial charge in [0.1, 0.15) is 16.6 Å². The molecule has 0 aliphatic heterocycles. The number of ether oxygens (including phenoxy) is 1. The summed E-state index contributed by atoms with van der Waals surface area (Å²) in [6.45, 7) is 2.77. The van der Waals surface area contributed by atoms with Gasteiger partial charge in [0.15, 0.2) is 0 Å². The fourth-order valence-corrected chi connectivity index (χ4v) is 2.24. The van der Waals surface area contributed by atoms with Crippen molar-refractivity contribution >= 4 is 29.0 Å². The lowest BCUT2D eigenvalue weighted by atomic mass is 10.1. The van der Waals surface area contributed by atoms with E-state index in [0.717, 1.165) is 5.56 Å². The highest BCUT2D eigenvalue weighted by Crippen LogP contribution is 2.33. The minimum Gasteiger partial charge on any atom is -0.437 e. The molecule has 0 aliphatic rings. The van der Waals surface area contributed by atoms with E-state index in [9.17, 15) is 0 Å². The zero-order chi connectivity index (χ0) is 15.2. The fraction of sp³-hybridized carbons (Fsp3) is 0.267. The van der Waals surface area contributed by atoms with E-state index in [1.54, 1.807) is 6.07 Å². The summed E-state index contributed by atoms with van der Waals surface area (Å²) in [6.07, 6.45) is 0.616. The molecule has 4 nitrogen and oxygen atoms in total. The van der Waals surface area contributed by atoms with Gasteiger partial charge in [-0.15, -0.1) is 0 Å². The molecule has 112 valence electrons. The monoisotopic (exact) mass is 326 g/mol. The molecular weight excluding hydrogens is 311 g/mol. The number of anilines is 1. The zero-order valence-electron chi connectivity index (χ0n) is 11.6. The molecule has 0 amide bonds. The lowest BCUT2D eigenvalue weighted by molar-refractivity contribution is 0.299. The molecule has 0 saturated heterocycles. The first-order valence-corrected chi connectivity index (χ1v) is 7.37. The van der Waals surface area contributed by atoms with Crippen LogP contribution in [-0.2, 0) is 6.42 Å². The highest BCUT2D eigenvalue weighted by atomic mass is 35.5. The number of halogens is 2. The van der Waals surface area contributed by atoms with Crippen LogP contribution in [-0.4, -0.2) is 23.2 Å². The number of benzene rings is 1. The first-order valence-electron chi connectivity index (χ1n) is 6.61. The van der Waals surface area contributed by atoms with Gasteiger partial charge in [0.25, 0.3) is 0 Å². The Morgan fingerprint density at radius 1 is 1.19 bits per heavy atom. The Labute approximate surface area is 133 Å². The van der Waals surface area contributed by atoms with Crippen LogP contribution in [0.3, 0.4) is 0 Å². The van der Waals surface area contributed by atoms with Gasteiger partial charge in [-0.25, -0.2) is 0 Å². The summed E-state index contributed by atoms with van der Waals surface area (Å²) >= 11 is 12.1. The second-order valence-electron chi connectivity index (χ2n) is 4.36. The van der Waals surface area contributed by atoms with E-state index in [-0.39, 0.29) is 6.61 Å². The normalized spacial score (nSPS) is 10.5. The standard InChI is InChI=1S/C15H16Cl2N2O2/c1-2-18-14-12(16)9-13(17)15(19-14)21-11-5-3-10(4-6-11)7-8-20/h3-6,9,20H,2,7-8H2,1H3,(H,18,19). The van der Waals surface area contributed by atoms with Gasteiger partial charge in [-0.2, -0.15) is 4.98 Å².